The molecule has 4 heteroatoms. The molecule has 0 saturated carbocycles. The van der Waals surface area contributed by atoms with Gasteiger partial charge >= 0.3 is 0 Å². The van der Waals surface area contributed by atoms with Gasteiger partial charge in [-0.1, -0.05) is 0 Å². The lowest BCUT2D eigenvalue weighted by molar-refractivity contribution is 0.142. The van der Waals surface area contributed by atoms with Crippen molar-refractivity contribution in [3.05, 3.63) is 36.7 Å². The predicted molar refractivity (Wildman–Crippen MR) is 73.2 cm³/mol. The second-order valence-electron chi connectivity index (χ2n) is 4.12. The highest BCUT2D eigenvalue weighted by molar-refractivity contribution is 5.59. The fraction of sp³-hybridized carbons (Fsp3) is 0.357. The number of hydrogen-bond donors (Lipinski definition) is 1. The van der Waals surface area contributed by atoms with Crippen molar-refractivity contribution < 1.29 is 4.74 Å². The van der Waals surface area contributed by atoms with Gasteiger partial charge in [-0.2, -0.15) is 0 Å². The molecule has 0 amide bonds. The van der Waals surface area contributed by atoms with Crippen molar-refractivity contribution in [2.45, 2.75) is 19.9 Å². The average Bonchev–Trinajstić information content (AvgIpc) is 2.84. The van der Waals surface area contributed by atoms with Crippen molar-refractivity contribution in [2.24, 2.45) is 0 Å². The lowest BCUT2D eigenvalue weighted by atomic mass is 10.2. The Morgan fingerprint density at radius 2 is 2.06 bits per heavy atom. The lowest BCUT2D eigenvalue weighted by Crippen LogP contribution is -2.03. The largest absolute Gasteiger partial charge is 0.399 e. The fourth-order valence-electron chi connectivity index (χ4n) is 1.86. The van der Waals surface area contributed by atoms with Crippen LogP contribution in [0.5, 0.6) is 0 Å². The smallest absolute Gasteiger partial charge is 0.139 e. The van der Waals surface area contributed by atoms with E-state index in [-0.39, 0.29) is 0 Å². The number of ether oxygens (including phenoxy) is 1. The van der Waals surface area contributed by atoms with E-state index in [9.17, 15) is 0 Å². The van der Waals surface area contributed by atoms with Crippen LogP contribution in [0.2, 0.25) is 0 Å². The molecular weight excluding hydrogens is 226 g/mol. The van der Waals surface area contributed by atoms with Crippen molar-refractivity contribution >= 4 is 5.69 Å². The number of aryl methyl sites for hydroxylation is 1. The maximum Gasteiger partial charge on any atom is 0.139 e. The molecule has 2 aromatic rings. The number of nitrogens with zero attached hydrogens (tertiary/aromatic N) is 2. The predicted octanol–water partition coefficient (Wildman–Crippen LogP) is 2.56. The first-order chi connectivity index (χ1) is 8.81. The fourth-order valence-corrected chi connectivity index (χ4v) is 1.86. The van der Waals surface area contributed by atoms with Crippen LogP contribution in [0.15, 0.2) is 36.7 Å². The van der Waals surface area contributed by atoms with Crippen molar-refractivity contribution in [3.8, 4) is 11.4 Å². The number of hydrogen-bond acceptors (Lipinski definition) is 3. The first-order valence-electron chi connectivity index (χ1n) is 6.26. The highest BCUT2D eigenvalue weighted by Crippen LogP contribution is 2.19. The van der Waals surface area contributed by atoms with Crippen LogP contribution in [0, 0.1) is 0 Å². The molecule has 0 aliphatic rings. The van der Waals surface area contributed by atoms with E-state index < -0.39 is 0 Å². The second-order valence-corrected chi connectivity index (χ2v) is 4.12. The molecule has 0 radical (unpaired) electrons. The summed E-state index contributed by atoms with van der Waals surface area (Å²) in [5.41, 5.74) is 7.55. The second kappa shape index (κ2) is 6.21. The van der Waals surface area contributed by atoms with Crippen LogP contribution in [-0.2, 0) is 11.3 Å². The van der Waals surface area contributed by atoms with E-state index in [0.717, 1.165) is 43.3 Å². The number of aromatic nitrogens is 2. The Hall–Kier alpha value is -1.81. The molecule has 1 aromatic carbocycles. The van der Waals surface area contributed by atoms with E-state index in [1.165, 1.54) is 0 Å². The number of nitrogen functional groups attached to an aromatic ring is 1. The third-order valence-electron chi connectivity index (χ3n) is 2.78. The minimum Gasteiger partial charge on any atom is -0.399 e. The lowest BCUT2D eigenvalue weighted by Gasteiger charge is -2.08. The van der Waals surface area contributed by atoms with E-state index >= 15 is 0 Å². The van der Waals surface area contributed by atoms with E-state index in [1.807, 2.05) is 43.6 Å². The number of nitrogens with two attached hydrogens (primary N) is 1. The van der Waals surface area contributed by atoms with Crippen LogP contribution in [0.1, 0.15) is 13.3 Å². The van der Waals surface area contributed by atoms with Gasteiger partial charge in [-0.25, -0.2) is 4.98 Å². The molecule has 1 aromatic heterocycles. The maximum absolute atomic E-state index is 5.69. The van der Waals surface area contributed by atoms with Crippen LogP contribution in [0.3, 0.4) is 0 Å². The van der Waals surface area contributed by atoms with Gasteiger partial charge in [-0.3, -0.25) is 0 Å². The van der Waals surface area contributed by atoms with E-state index in [2.05, 4.69) is 9.55 Å². The average molecular weight is 245 g/mol. The van der Waals surface area contributed by atoms with Crippen LogP contribution in [0.4, 0.5) is 5.69 Å². The van der Waals surface area contributed by atoms with Gasteiger partial charge in [0.1, 0.15) is 5.82 Å². The van der Waals surface area contributed by atoms with Gasteiger partial charge in [0.2, 0.25) is 0 Å². The topological polar surface area (TPSA) is 53.1 Å². The molecule has 0 saturated heterocycles. The van der Waals surface area contributed by atoms with Gasteiger partial charge in [0.15, 0.2) is 0 Å². The van der Waals surface area contributed by atoms with Gasteiger partial charge in [-0.15, -0.1) is 0 Å². The minimum absolute atomic E-state index is 0.771. The molecule has 4 nitrogen and oxygen atoms in total. The summed E-state index contributed by atoms with van der Waals surface area (Å²) in [5.74, 6) is 0.978. The van der Waals surface area contributed by atoms with Crippen molar-refractivity contribution in [2.75, 3.05) is 18.9 Å². The van der Waals surface area contributed by atoms with Crippen LogP contribution in [-0.4, -0.2) is 22.8 Å². The molecule has 0 aliphatic carbocycles. The van der Waals surface area contributed by atoms with Gasteiger partial charge in [-0.05, 0) is 37.6 Å². The molecule has 2 rings (SSSR count). The van der Waals surface area contributed by atoms with E-state index in [0.29, 0.717) is 0 Å². The van der Waals surface area contributed by atoms with Crippen molar-refractivity contribution in [1.82, 2.24) is 9.55 Å². The minimum atomic E-state index is 0.771. The molecule has 2 N–H and O–H groups in total. The molecule has 1 heterocycles. The van der Waals surface area contributed by atoms with Gasteiger partial charge < -0.3 is 15.0 Å². The molecule has 0 unspecified atom stereocenters. The Kier molecular flexibility index (Phi) is 4.36. The third kappa shape index (κ3) is 3.11. The molecule has 18 heavy (non-hydrogen) atoms. The number of imidazole rings is 1. The van der Waals surface area contributed by atoms with Crippen molar-refractivity contribution in [3.63, 3.8) is 0 Å². The molecule has 0 aliphatic heterocycles. The van der Waals surface area contributed by atoms with E-state index in [4.69, 9.17) is 10.5 Å². The summed E-state index contributed by atoms with van der Waals surface area (Å²) < 4.78 is 7.49. The standard InChI is InChI=1S/C14H19N3O/c1-2-18-11-3-9-17-10-8-16-14(17)12-4-6-13(15)7-5-12/h4-8,10H,2-3,9,11,15H2,1H3. The van der Waals surface area contributed by atoms with Gasteiger partial charge in [0, 0.05) is 43.4 Å². The molecule has 0 fully saturated rings. The first-order valence-corrected chi connectivity index (χ1v) is 6.26. The Balaban J connectivity index is 2.05. The van der Waals surface area contributed by atoms with Crippen LogP contribution >= 0.6 is 0 Å². The Bertz CT molecular complexity index is 476. The third-order valence-corrected chi connectivity index (χ3v) is 2.78. The van der Waals surface area contributed by atoms with Gasteiger partial charge in [0.05, 0.1) is 0 Å². The number of rotatable bonds is 6. The summed E-state index contributed by atoms with van der Waals surface area (Å²) in [5, 5.41) is 0. The first kappa shape index (κ1) is 12.6. The zero-order chi connectivity index (χ0) is 12.8. The summed E-state index contributed by atoms with van der Waals surface area (Å²) in [6.45, 7) is 4.49. The highest BCUT2D eigenvalue weighted by Gasteiger charge is 2.05. The Morgan fingerprint density at radius 1 is 1.28 bits per heavy atom. The summed E-state index contributed by atoms with van der Waals surface area (Å²) in [6, 6.07) is 7.79. The molecular formula is C14H19N3O. The monoisotopic (exact) mass is 245 g/mol. The quantitative estimate of drug-likeness (QED) is 0.628. The Morgan fingerprint density at radius 3 is 2.78 bits per heavy atom. The zero-order valence-corrected chi connectivity index (χ0v) is 10.7. The normalized spacial score (nSPS) is 10.7. The SMILES string of the molecule is CCOCCCn1ccnc1-c1ccc(N)cc1. The van der Waals surface area contributed by atoms with Crippen molar-refractivity contribution in [1.29, 1.82) is 0 Å². The molecule has 0 atom stereocenters. The Labute approximate surface area is 107 Å². The van der Waals surface area contributed by atoms with Crippen LogP contribution < -0.4 is 5.73 Å². The summed E-state index contributed by atoms with van der Waals surface area (Å²) in [4.78, 5) is 4.40. The molecule has 96 valence electrons. The maximum atomic E-state index is 5.69. The van der Waals surface area contributed by atoms with Crippen LogP contribution in [0.25, 0.3) is 11.4 Å². The molecule has 0 spiro atoms. The molecule has 0 bridgehead atoms. The number of benzene rings is 1. The summed E-state index contributed by atoms with van der Waals surface area (Å²) in [7, 11) is 0. The zero-order valence-electron chi connectivity index (χ0n) is 10.7. The van der Waals surface area contributed by atoms with Gasteiger partial charge in [0.25, 0.3) is 0 Å². The number of anilines is 1. The summed E-state index contributed by atoms with van der Waals surface area (Å²) >= 11 is 0. The summed E-state index contributed by atoms with van der Waals surface area (Å²) in [6.07, 6.45) is 4.82. The van der Waals surface area contributed by atoms with E-state index in [1.54, 1.807) is 0 Å². The highest BCUT2D eigenvalue weighted by atomic mass is 16.5.